The fourth-order valence-electron chi connectivity index (χ4n) is 1.73. The van der Waals surface area contributed by atoms with E-state index in [2.05, 4.69) is 31.9 Å². The summed E-state index contributed by atoms with van der Waals surface area (Å²) in [6.45, 7) is 0. The van der Waals surface area contributed by atoms with E-state index in [0.717, 1.165) is 49.2 Å². The number of hydrogen-bond acceptors (Lipinski definition) is 1. The van der Waals surface area contributed by atoms with E-state index in [0.29, 0.717) is 12.3 Å². The number of rotatable bonds is 12. The van der Waals surface area contributed by atoms with Crippen LogP contribution in [0.1, 0.15) is 51.4 Å². The molecule has 0 aliphatic rings. The van der Waals surface area contributed by atoms with Crippen LogP contribution in [0, 0.1) is 0 Å². The van der Waals surface area contributed by atoms with Crippen LogP contribution < -0.4 is 0 Å². The second kappa shape index (κ2) is 12.2. The summed E-state index contributed by atoms with van der Waals surface area (Å²) in [6, 6.07) is 0. The van der Waals surface area contributed by atoms with Gasteiger partial charge in [-0.3, -0.25) is 4.57 Å². The zero-order valence-electron chi connectivity index (χ0n) is 10.5. The zero-order valence-corrected chi connectivity index (χ0v) is 14.6. The normalized spacial score (nSPS) is 11.9. The summed E-state index contributed by atoms with van der Waals surface area (Å²) in [5.41, 5.74) is 0. The fourth-order valence-corrected chi connectivity index (χ4v) is 4.18. The largest absolute Gasteiger partial charge is 0.344 e. The molecule has 0 aliphatic carbocycles. The molecule has 0 rings (SSSR count). The molecule has 2 nitrogen and oxygen atoms in total. The maximum absolute atomic E-state index is 11.8. The molecule has 0 saturated carbocycles. The van der Waals surface area contributed by atoms with Crippen LogP contribution in [0.4, 0.5) is 0 Å². The molecule has 0 radical (unpaired) electrons. The molecule has 0 atom stereocenters. The lowest BCUT2D eigenvalue weighted by Crippen LogP contribution is -1.96. The highest BCUT2D eigenvalue weighted by Gasteiger charge is 2.16. The maximum Gasteiger partial charge on any atom is 0.200 e. The Labute approximate surface area is 123 Å². The van der Waals surface area contributed by atoms with Gasteiger partial charge in [0, 0.05) is 23.0 Å². The van der Waals surface area contributed by atoms with Crippen LogP contribution in [0.25, 0.3) is 0 Å². The molecule has 0 aromatic heterocycles. The van der Waals surface area contributed by atoms with Gasteiger partial charge < -0.3 is 4.89 Å². The van der Waals surface area contributed by atoms with E-state index in [9.17, 15) is 9.46 Å². The van der Waals surface area contributed by atoms with Gasteiger partial charge in [0.2, 0.25) is 7.37 Å². The number of hydrogen-bond donors (Lipinski definition) is 1. The van der Waals surface area contributed by atoms with Crippen molar-refractivity contribution in [3.05, 3.63) is 0 Å². The van der Waals surface area contributed by atoms with E-state index in [1.807, 2.05) is 0 Å². The maximum atomic E-state index is 11.8. The van der Waals surface area contributed by atoms with Crippen molar-refractivity contribution >= 4 is 39.2 Å². The molecule has 0 amide bonds. The van der Waals surface area contributed by atoms with Gasteiger partial charge in [0.15, 0.2) is 0 Å². The van der Waals surface area contributed by atoms with Crippen molar-refractivity contribution in [1.29, 1.82) is 0 Å². The standard InChI is InChI=1S/C12H25Br2O2P/c13-9-5-1-3-7-11-17(15,16)12-8-4-2-6-10-14/h1-12H2,(H,15,16). The smallest absolute Gasteiger partial charge is 0.200 e. The summed E-state index contributed by atoms with van der Waals surface area (Å²) in [5, 5.41) is 2.08. The lowest BCUT2D eigenvalue weighted by molar-refractivity contribution is 0.470. The third-order valence-corrected chi connectivity index (χ3v) is 5.93. The summed E-state index contributed by atoms with van der Waals surface area (Å²) in [5.74, 6) is 0. The van der Waals surface area contributed by atoms with E-state index in [-0.39, 0.29) is 0 Å². The number of unbranched alkanes of at least 4 members (excludes halogenated alkanes) is 6. The minimum absolute atomic E-state index is 0.522. The Morgan fingerprint density at radius 2 is 1.06 bits per heavy atom. The summed E-state index contributed by atoms with van der Waals surface area (Å²) in [7, 11) is -2.81. The first kappa shape index (κ1) is 18.1. The second-order valence-electron chi connectivity index (χ2n) is 4.50. The molecule has 1 N–H and O–H groups in total. The summed E-state index contributed by atoms with van der Waals surface area (Å²) in [4.78, 5) is 9.76. The Bertz CT molecular complexity index is 195. The Balaban J connectivity index is 3.42. The van der Waals surface area contributed by atoms with Crippen LogP contribution >= 0.6 is 39.2 Å². The summed E-state index contributed by atoms with van der Waals surface area (Å²) in [6.07, 6.45) is 9.68. The van der Waals surface area contributed by atoms with E-state index in [4.69, 9.17) is 0 Å². The Hall–Kier alpha value is 1.15. The molecule has 0 heterocycles. The van der Waals surface area contributed by atoms with E-state index in [1.54, 1.807) is 0 Å². The van der Waals surface area contributed by atoms with Gasteiger partial charge in [-0.25, -0.2) is 0 Å². The first-order valence-electron chi connectivity index (χ1n) is 6.55. The van der Waals surface area contributed by atoms with Crippen molar-refractivity contribution in [3.63, 3.8) is 0 Å². The Morgan fingerprint density at radius 3 is 1.41 bits per heavy atom. The van der Waals surface area contributed by atoms with Gasteiger partial charge in [0.1, 0.15) is 0 Å². The quantitative estimate of drug-likeness (QED) is 0.283. The van der Waals surface area contributed by atoms with E-state index < -0.39 is 7.37 Å². The molecular weight excluding hydrogens is 367 g/mol. The van der Waals surface area contributed by atoms with Crippen molar-refractivity contribution < 1.29 is 9.46 Å². The van der Waals surface area contributed by atoms with Crippen LogP contribution in [0.5, 0.6) is 0 Å². The van der Waals surface area contributed by atoms with Crippen molar-refractivity contribution in [1.82, 2.24) is 0 Å². The van der Waals surface area contributed by atoms with Crippen LogP contribution in [-0.4, -0.2) is 27.9 Å². The molecule has 17 heavy (non-hydrogen) atoms. The SMILES string of the molecule is O=P(O)(CCCCCCBr)CCCCCCBr. The first-order chi connectivity index (χ1) is 8.12. The highest BCUT2D eigenvalue weighted by atomic mass is 79.9. The topological polar surface area (TPSA) is 37.3 Å². The third kappa shape index (κ3) is 13.4. The molecule has 0 unspecified atom stereocenters. The lowest BCUT2D eigenvalue weighted by atomic mass is 10.2. The van der Waals surface area contributed by atoms with Crippen molar-refractivity contribution in [3.8, 4) is 0 Å². The lowest BCUT2D eigenvalue weighted by Gasteiger charge is -2.11. The van der Waals surface area contributed by atoms with Gasteiger partial charge in [0.25, 0.3) is 0 Å². The molecule has 0 aromatic carbocycles. The van der Waals surface area contributed by atoms with Gasteiger partial charge in [-0.15, -0.1) is 0 Å². The average molecular weight is 392 g/mol. The molecule has 0 aliphatic heterocycles. The minimum Gasteiger partial charge on any atom is -0.344 e. The van der Waals surface area contributed by atoms with Gasteiger partial charge in [-0.05, 0) is 25.7 Å². The van der Waals surface area contributed by atoms with Crippen LogP contribution in [-0.2, 0) is 4.57 Å². The first-order valence-corrected chi connectivity index (χ1v) is 10.8. The molecule has 0 aromatic rings. The van der Waals surface area contributed by atoms with Gasteiger partial charge in [-0.1, -0.05) is 57.5 Å². The monoisotopic (exact) mass is 390 g/mol. The molecule has 0 saturated heterocycles. The minimum atomic E-state index is -2.81. The Kier molecular flexibility index (Phi) is 13.0. The van der Waals surface area contributed by atoms with E-state index >= 15 is 0 Å². The number of halogens is 2. The molecular formula is C12H25Br2O2P. The van der Waals surface area contributed by atoms with E-state index in [1.165, 1.54) is 12.8 Å². The van der Waals surface area contributed by atoms with Crippen LogP contribution in [0.3, 0.4) is 0 Å². The Morgan fingerprint density at radius 1 is 0.706 bits per heavy atom. The third-order valence-electron chi connectivity index (χ3n) is 2.78. The predicted octanol–water partition coefficient (Wildman–Crippen LogP) is 5.17. The summed E-state index contributed by atoms with van der Waals surface area (Å²) >= 11 is 6.78. The number of alkyl halides is 2. The van der Waals surface area contributed by atoms with Crippen molar-refractivity contribution in [2.75, 3.05) is 23.0 Å². The van der Waals surface area contributed by atoms with Crippen LogP contribution in [0.15, 0.2) is 0 Å². The average Bonchev–Trinajstić information content (AvgIpc) is 2.28. The molecule has 0 bridgehead atoms. The van der Waals surface area contributed by atoms with Gasteiger partial charge in [0.05, 0.1) is 0 Å². The zero-order chi connectivity index (χ0) is 13.0. The van der Waals surface area contributed by atoms with Crippen molar-refractivity contribution in [2.45, 2.75) is 51.4 Å². The van der Waals surface area contributed by atoms with Crippen molar-refractivity contribution in [2.24, 2.45) is 0 Å². The molecule has 0 spiro atoms. The molecule has 0 fully saturated rings. The fraction of sp³-hybridized carbons (Fsp3) is 1.00. The predicted molar refractivity (Wildman–Crippen MR) is 84.1 cm³/mol. The molecule has 5 heteroatoms. The van der Waals surface area contributed by atoms with Crippen LogP contribution in [0.2, 0.25) is 0 Å². The summed E-state index contributed by atoms with van der Waals surface area (Å²) < 4.78 is 11.8. The highest BCUT2D eigenvalue weighted by Crippen LogP contribution is 2.42. The van der Waals surface area contributed by atoms with Gasteiger partial charge >= 0.3 is 0 Å². The highest BCUT2D eigenvalue weighted by molar-refractivity contribution is 9.09. The van der Waals surface area contributed by atoms with Gasteiger partial charge in [-0.2, -0.15) is 0 Å². The second-order valence-corrected chi connectivity index (χ2v) is 8.67. The molecule has 104 valence electrons.